The smallest absolute Gasteiger partial charge is 0.224 e. The topological polar surface area (TPSA) is 67.1 Å². The van der Waals surface area contributed by atoms with Gasteiger partial charge in [0.15, 0.2) is 0 Å². The minimum atomic E-state index is -0.154. The molecular formula is C17H27N3O. The Morgan fingerprint density at radius 3 is 2.71 bits per heavy atom. The summed E-state index contributed by atoms with van der Waals surface area (Å²) in [6.45, 7) is 8.65. The third-order valence-electron chi connectivity index (χ3n) is 4.17. The Hall–Kier alpha value is -1.39. The van der Waals surface area contributed by atoms with Gasteiger partial charge in [-0.15, -0.1) is 0 Å². The Morgan fingerprint density at radius 2 is 2.10 bits per heavy atom. The highest BCUT2D eigenvalue weighted by molar-refractivity contribution is 5.79. The molecule has 1 aliphatic rings. The number of piperidine rings is 1. The van der Waals surface area contributed by atoms with Crippen molar-refractivity contribution >= 4 is 5.91 Å². The fourth-order valence-corrected chi connectivity index (χ4v) is 2.87. The van der Waals surface area contributed by atoms with Gasteiger partial charge in [0, 0.05) is 25.7 Å². The maximum atomic E-state index is 12.3. The van der Waals surface area contributed by atoms with Gasteiger partial charge in [-0.3, -0.25) is 4.79 Å². The van der Waals surface area contributed by atoms with Crippen LogP contribution in [-0.4, -0.2) is 25.5 Å². The molecule has 1 saturated heterocycles. The highest BCUT2D eigenvalue weighted by Crippen LogP contribution is 2.28. The molecule has 2 unspecified atom stereocenters. The van der Waals surface area contributed by atoms with E-state index in [4.69, 9.17) is 5.73 Å². The van der Waals surface area contributed by atoms with Crippen molar-refractivity contribution in [1.29, 1.82) is 0 Å². The third kappa shape index (κ3) is 4.55. The average molecular weight is 289 g/mol. The van der Waals surface area contributed by atoms with Crippen molar-refractivity contribution in [2.45, 2.75) is 33.2 Å². The van der Waals surface area contributed by atoms with E-state index in [1.807, 2.05) is 24.3 Å². The first-order valence-electron chi connectivity index (χ1n) is 7.68. The summed E-state index contributed by atoms with van der Waals surface area (Å²) in [7, 11) is 0. The van der Waals surface area contributed by atoms with Gasteiger partial charge in [0.2, 0.25) is 5.91 Å². The van der Waals surface area contributed by atoms with Crippen LogP contribution in [0.4, 0.5) is 0 Å². The molecule has 4 N–H and O–H groups in total. The van der Waals surface area contributed by atoms with Crippen molar-refractivity contribution in [2.75, 3.05) is 19.6 Å². The Morgan fingerprint density at radius 1 is 1.43 bits per heavy atom. The predicted octanol–water partition coefficient (Wildman–Crippen LogP) is 1.75. The fourth-order valence-electron chi connectivity index (χ4n) is 2.87. The van der Waals surface area contributed by atoms with Crippen molar-refractivity contribution in [3.8, 4) is 0 Å². The van der Waals surface area contributed by atoms with Crippen LogP contribution in [0.25, 0.3) is 0 Å². The zero-order chi connectivity index (χ0) is 15.5. The van der Waals surface area contributed by atoms with Crippen LogP contribution < -0.4 is 16.4 Å². The van der Waals surface area contributed by atoms with E-state index in [9.17, 15) is 4.79 Å². The fraction of sp³-hybridized carbons (Fsp3) is 0.588. The number of aryl methyl sites for hydroxylation is 1. The lowest BCUT2D eigenvalue weighted by Crippen LogP contribution is -2.48. The van der Waals surface area contributed by atoms with Crippen molar-refractivity contribution < 1.29 is 4.79 Å². The van der Waals surface area contributed by atoms with Crippen LogP contribution in [0.2, 0.25) is 0 Å². The largest absolute Gasteiger partial charge is 0.354 e. The maximum absolute atomic E-state index is 12.3. The number of nitrogens with one attached hydrogen (secondary N) is 2. The Kier molecular flexibility index (Phi) is 5.01. The molecule has 2 rings (SSSR count). The molecule has 1 aliphatic heterocycles. The summed E-state index contributed by atoms with van der Waals surface area (Å²) in [6.07, 6.45) is 0.922. The number of hydrogen-bond acceptors (Lipinski definition) is 3. The van der Waals surface area contributed by atoms with Crippen LogP contribution in [0.15, 0.2) is 24.3 Å². The van der Waals surface area contributed by atoms with Crippen LogP contribution in [0.3, 0.4) is 0 Å². The number of carbonyl (C=O) groups is 1. The molecule has 1 heterocycles. The molecule has 1 amide bonds. The van der Waals surface area contributed by atoms with Gasteiger partial charge in [0.1, 0.15) is 0 Å². The first kappa shape index (κ1) is 16.0. The number of hydrogen-bond donors (Lipinski definition) is 3. The minimum absolute atomic E-state index is 0.0407. The van der Waals surface area contributed by atoms with Crippen molar-refractivity contribution in [3.63, 3.8) is 0 Å². The summed E-state index contributed by atoms with van der Waals surface area (Å²) in [6, 6.07) is 7.99. The van der Waals surface area contributed by atoms with E-state index in [2.05, 4.69) is 31.4 Å². The first-order chi connectivity index (χ1) is 9.87. The highest BCUT2D eigenvalue weighted by Gasteiger charge is 2.31. The SMILES string of the molecule is Cc1ccc(C(N)CNC(=O)C2CNCC(C)(C)C2)cc1. The molecule has 21 heavy (non-hydrogen) atoms. The van der Waals surface area contributed by atoms with Crippen LogP contribution in [0.1, 0.15) is 37.4 Å². The summed E-state index contributed by atoms with van der Waals surface area (Å²) in [5.41, 5.74) is 8.60. The Bertz CT molecular complexity index is 481. The summed E-state index contributed by atoms with van der Waals surface area (Å²) in [5, 5.41) is 6.34. The van der Waals surface area contributed by atoms with E-state index in [-0.39, 0.29) is 23.3 Å². The van der Waals surface area contributed by atoms with Gasteiger partial charge in [0.25, 0.3) is 0 Å². The van der Waals surface area contributed by atoms with E-state index in [0.717, 1.165) is 25.1 Å². The van der Waals surface area contributed by atoms with Crippen molar-refractivity contribution in [1.82, 2.24) is 10.6 Å². The van der Waals surface area contributed by atoms with Crippen LogP contribution in [0, 0.1) is 18.3 Å². The second kappa shape index (κ2) is 6.58. The lowest BCUT2D eigenvalue weighted by Gasteiger charge is -2.35. The molecule has 1 aromatic rings. The van der Waals surface area contributed by atoms with E-state index in [0.29, 0.717) is 6.54 Å². The summed E-state index contributed by atoms with van der Waals surface area (Å²) >= 11 is 0. The lowest BCUT2D eigenvalue weighted by molar-refractivity contribution is -0.126. The third-order valence-corrected chi connectivity index (χ3v) is 4.17. The standard InChI is InChI=1S/C17H27N3O/c1-12-4-6-13(7-5-12)15(18)10-20-16(21)14-8-17(2,3)11-19-9-14/h4-7,14-15,19H,8-11,18H2,1-3H3,(H,20,21). The lowest BCUT2D eigenvalue weighted by atomic mass is 9.79. The van der Waals surface area contributed by atoms with Gasteiger partial charge in [0.05, 0.1) is 5.92 Å². The minimum Gasteiger partial charge on any atom is -0.354 e. The van der Waals surface area contributed by atoms with E-state index < -0.39 is 0 Å². The van der Waals surface area contributed by atoms with Gasteiger partial charge in [-0.2, -0.15) is 0 Å². The first-order valence-corrected chi connectivity index (χ1v) is 7.68. The summed E-state index contributed by atoms with van der Waals surface area (Å²) in [5.74, 6) is 0.150. The number of nitrogens with two attached hydrogens (primary N) is 1. The number of rotatable bonds is 4. The zero-order valence-corrected chi connectivity index (χ0v) is 13.3. The van der Waals surface area contributed by atoms with Gasteiger partial charge in [-0.1, -0.05) is 43.7 Å². The Labute approximate surface area is 127 Å². The molecule has 1 fully saturated rings. The molecule has 2 atom stereocenters. The van der Waals surface area contributed by atoms with Gasteiger partial charge in [-0.25, -0.2) is 0 Å². The van der Waals surface area contributed by atoms with Crippen molar-refractivity contribution in [2.24, 2.45) is 17.1 Å². The highest BCUT2D eigenvalue weighted by atomic mass is 16.1. The molecule has 0 radical (unpaired) electrons. The number of benzene rings is 1. The monoisotopic (exact) mass is 289 g/mol. The predicted molar refractivity (Wildman–Crippen MR) is 85.9 cm³/mol. The molecule has 116 valence electrons. The molecular weight excluding hydrogens is 262 g/mol. The second-order valence-corrected chi connectivity index (χ2v) is 6.96. The van der Waals surface area contributed by atoms with E-state index in [1.165, 1.54) is 5.56 Å². The maximum Gasteiger partial charge on any atom is 0.224 e. The molecule has 0 aliphatic carbocycles. The average Bonchev–Trinajstić information content (AvgIpc) is 2.44. The van der Waals surface area contributed by atoms with Crippen molar-refractivity contribution in [3.05, 3.63) is 35.4 Å². The van der Waals surface area contributed by atoms with E-state index >= 15 is 0 Å². The normalized spacial score (nSPS) is 22.6. The van der Waals surface area contributed by atoms with Crippen LogP contribution in [0.5, 0.6) is 0 Å². The molecule has 0 bridgehead atoms. The van der Waals surface area contributed by atoms with Crippen LogP contribution in [-0.2, 0) is 4.79 Å². The summed E-state index contributed by atoms with van der Waals surface area (Å²) in [4.78, 5) is 12.3. The molecule has 0 saturated carbocycles. The number of carbonyl (C=O) groups excluding carboxylic acids is 1. The molecule has 1 aromatic carbocycles. The number of amides is 1. The molecule has 0 spiro atoms. The zero-order valence-electron chi connectivity index (χ0n) is 13.3. The quantitative estimate of drug-likeness (QED) is 0.791. The van der Waals surface area contributed by atoms with E-state index in [1.54, 1.807) is 0 Å². The second-order valence-electron chi connectivity index (χ2n) is 6.96. The summed E-state index contributed by atoms with van der Waals surface area (Å²) < 4.78 is 0. The molecule has 4 nitrogen and oxygen atoms in total. The van der Waals surface area contributed by atoms with Gasteiger partial charge in [-0.05, 0) is 24.3 Å². The molecule has 0 aromatic heterocycles. The van der Waals surface area contributed by atoms with Crippen LogP contribution >= 0.6 is 0 Å². The van der Waals surface area contributed by atoms with Gasteiger partial charge < -0.3 is 16.4 Å². The van der Waals surface area contributed by atoms with Gasteiger partial charge >= 0.3 is 0 Å². The molecule has 4 heteroatoms. The Balaban J connectivity index is 1.84.